The van der Waals surface area contributed by atoms with Crippen LogP contribution in [0.1, 0.15) is 17.3 Å². The summed E-state index contributed by atoms with van der Waals surface area (Å²) in [7, 11) is 0. The van der Waals surface area contributed by atoms with Gasteiger partial charge >= 0.3 is 0 Å². The van der Waals surface area contributed by atoms with Gasteiger partial charge in [0.25, 0.3) is 5.91 Å². The van der Waals surface area contributed by atoms with E-state index in [1.807, 2.05) is 6.92 Å². The Morgan fingerprint density at radius 2 is 2.28 bits per heavy atom. The van der Waals surface area contributed by atoms with Gasteiger partial charge in [0, 0.05) is 11.6 Å². The van der Waals surface area contributed by atoms with Gasteiger partial charge in [-0.15, -0.1) is 0 Å². The van der Waals surface area contributed by atoms with Gasteiger partial charge in [0.15, 0.2) is 5.17 Å². The maximum atomic E-state index is 12.4. The Bertz CT molecular complexity index is 505. The zero-order valence-corrected chi connectivity index (χ0v) is 12.1. The van der Waals surface area contributed by atoms with Crippen LogP contribution in [0.4, 0.5) is 0 Å². The number of nitrogens with zero attached hydrogens (tertiary/aromatic N) is 2. The van der Waals surface area contributed by atoms with E-state index in [-0.39, 0.29) is 5.91 Å². The monoisotopic (exact) mass is 302 g/mol. The van der Waals surface area contributed by atoms with Crippen molar-refractivity contribution in [3.63, 3.8) is 0 Å². The number of carbonyl (C=O) groups excluding carboxylic acids is 1. The van der Waals surface area contributed by atoms with E-state index < -0.39 is 0 Å². The molecule has 1 aliphatic heterocycles. The molecule has 1 heterocycles. The summed E-state index contributed by atoms with van der Waals surface area (Å²) >= 11 is 13.4. The molecule has 0 unspecified atom stereocenters. The minimum atomic E-state index is -0.117. The van der Waals surface area contributed by atoms with Crippen LogP contribution in [-0.4, -0.2) is 34.8 Å². The number of aliphatic imine (C=N–C) groups is 1. The van der Waals surface area contributed by atoms with Crippen LogP contribution in [0.25, 0.3) is 0 Å². The normalized spacial score (nSPS) is 14.8. The molecule has 0 N–H and O–H groups in total. The second-order valence-corrected chi connectivity index (χ2v) is 5.75. The van der Waals surface area contributed by atoms with Gasteiger partial charge in [0.1, 0.15) is 0 Å². The fourth-order valence-electron chi connectivity index (χ4n) is 1.68. The maximum absolute atomic E-state index is 12.4. The van der Waals surface area contributed by atoms with Crippen LogP contribution in [0.5, 0.6) is 0 Å². The van der Waals surface area contributed by atoms with Crippen molar-refractivity contribution in [1.82, 2.24) is 4.90 Å². The molecule has 0 saturated heterocycles. The molecule has 0 aromatic heterocycles. The molecule has 1 aliphatic rings. The summed E-state index contributed by atoms with van der Waals surface area (Å²) in [6.45, 7) is 3.29. The standard InChI is InChI=1S/C12H12Cl2N2OS/c1-2-18-12-15-5-6-16(12)11(17)9-4-3-8(13)7-10(9)14/h3-4,7H,2,5-6H2,1H3. The summed E-state index contributed by atoms with van der Waals surface area (Å²) in [5, 5.41) is 1.67. The third-order valence-electron chi connectivity index (χ3n) is 2.48. The molecule has 18 heavy (non-hydrogen) atoms. The molecule has 1 aromatic carbocycles. The SMILES string of the molecule is CCSC1=NCCN1C(=O)c1ccc(Cl)cc1Cl. The largest absolute Gasteiger partial charge is 0.286 e. The predicted molar refractivity (Wildman–Crippen MR) is 77.9 cm³/mol. The minimum absolute atomic E-state index is 0.117. The average Bonchev–Trinajstić information content (AvgIpc) is 2.77. The molecule has 0 spiro atoms. The molecule has 2 rings (SSSR count). The van der Waals surface area contributed by atoms with Crippen molar-refractivity contribution < 1.29 is 4.79 Å². The van der Waals surface area contributed by atoms with Crippen LogP contribution in [0.3, 0.4) is 0 Å². The van der Waals surface area contributed by atoms with E-state index in [0.717, 1.165) is 10.9 Å². The van der Waals surface area contributed by atoms with Crippen LogP contribution < -0.4 is 0 Å². The highest BCUT2D eigenvalue weighted by Crippen LogP contribution is 2.24. The van der Waals surface area contributed by atoms with Crippen molar-refractivity contribution in [2.75, 3.05) is 18.8 Å². The van der Waals surface area contributed by atoms with E-state index in [1.165, 1.54) is 0 Å². The Balaban J connectivity index is 2.23. The molecule has 96 valence electrons. The van der Waals surface area contributed by atoms with Gasteiger partial charge in [-0.05, 0) is 24.0 Å². The van der Waals surface area contributed by atoms with Crippen molar-refractivity contribution >= 4 is 46.0 Å². The zero-order valence-electron chi connectivity index (χ0n) is 9.82. The van der Waals surface area contributed by atoms with Crippen molar-refractivity contribution in [1.29, 1.82) is 0 Å². The highest BCUT2D eigenvalue weighted by atomic mass is 35.5. The molecule has 3 nitrogen and oxygen atoms in total. The van der Waals surface area contributed by atoms with Crippen molar-refractivity contribution in [3.8, 4) is 0 Å². The summed E-state index contributed by atoms with van der Waals surface area (Å²) in [6.07, 6.45) is 0. The number of amides is 1. The van der Waals surface area contributed by atoms with Crippen molar-refractivity contribution in [2.24, 2.45) is 4.99 Å². The molecule has 0 aliphatic carbocycles. The molecule has 1 amide bonds. The molecule has 6 heteroatoms. The van der Waals surface area contributed by atoms with E-state index >= 15 is 0 Å². The first-order chi connectivity index (χ1) is 8.63. The summed E-state index contributed by atoms with van der Waals surface area (Å²) in [5.41, 5.74) is 0.465. The average molecular weight is 303 g/mol. The van der Waals surface area contributed by atoms with Gasteiger partial charge in [-0.3, -0.25) is 14.7 Å². The van der Waals surface area contributed by atoms with Crippen molar-refractivity contribution in [3.05, 3.63) is 33.8 Å². The van der Waals surface area contributed by atoms with Crippen LogP contribution >= 0.6 is 35.0 Å². The number of rotatable bonds is 2. The van der Waals surface area contributed by atoms with Gasteiger partial charge < -0.3 is 0 Å². The summed E-state index contributed by atoms with van der Waals surface area (Å²) in [5.74, 6) is 0.769. The second kappa shape index (κ2) is 5.95. The lowest BCUT2D eigenvalue weighted by atomic mass is 10.2. The number of hydrogen-bond donors (Lipinski definition) is 0. The molecule has 0 atom stereocenters. The number of benzene rings is 1. The molecule has 0 saturated carbocycles. The molecule has 1 aromatic rings. The third-order valence-corrected chi connectivity index (χ3v) is 3.93. The minimum Gasteiger partial charge on any atom is -0.286 e. The number of hydrogen-bond acceptors (Lipinski definition) is 3. The maximum Gasteiger partial charge on any atom is 0.261 e. The summed E-state index contributed by atoms with van der Waals surface area (Å²) in [6, 6.07) is 4.90. The van der Waals surface area contributed by atoms with E-state index in [2.05, 4.69) is 4.99 Å². The van der Waals surface area contributed by atoms with Gasteiger partial charge in [-0.25, -0.2) is 0 Å². The lowest BCUT2D eigenvalue weighted by Gasteiger charge is -2.18. The summed E-state index contributed by atoms with van der Waals surface area (Å²) in [4.78, 5) is 18.4. The number of halogens is 2. The van der Waals surface area contributed by atoms with E-state index in [9.17, 15) is 4.79 Å². The van der Waals surface area contributed by atoms with E-state index in [4.69, 9.17) is 23.2 Å². The van der Waals surface area contributed by atoms with Gasteiger partial charge in [0.05, 0.1) is 17.1 Å². The zero-order chi connectivity index (χ0) is 13.1. The van der Waals surface area contributed by atoms with Gasteiger partial charge in [-0.2, -0.15) is 0 Å². The number of amidine groups is 1. The first kappa shape index (κ1) is 13.7. The first-order valence-electron chi connectivity index (χ1n) is 5.57. The van der Waals surface area contributed by atoms with Gasteiger partial charge in [0.2, 0.25) is 0 Å². The lowest BCUT2D eigenvalue weighted by Crippen LogP contribution is -2.33. The number of carbonyl (C=O) groups is 1. The second-order valence-electron chi connectivity index (χ2n) is 3.68. The van der Waals surface area contributed by atoms with Gasteiger partial charge in [-0.1, -0.05) is 41.9 Å². The smallest absolute Gasteiger partial charge is 0.261 e. The lowest BCUT2D eigenvalue weighted by molar-refractivity contribution is 0.0861. The molecular formula is C12H12Cl2N2OS. The Hall–Kier alpha value is -0.710. The van der Waals surface area contributed by atoms with Crippen LogP contribution in [-0.2, 0) is 0 Å². The van der Waals surface area contributed by atoms with E-state index in [1.54, 1.807) is 34.9 Å². The Morgan fingerprint density at radius 1 is 1.50 bits per heavy atom. The van der Waals surface area contributed by atoms with E-state index in [0.29, 0.717) is 28.7 Å². The van der Waals surface area contributed by atoms with Crippen molar-refractivity contribution in [2.45, 2.75) is 6.92 Å². The highest BCUT2D eigenvalue weighted by molar-refractivity contribution is 8.13. The quantitative estimate of drug-likeness (QED) is 0.837. The molecular weight excluding hydrogens is 291 g/mol. The fraction of sp³-hybridized carbons (Fsp3) is 0.333. The van der Waals surface area contributed by atoms with Crippen LogP contribution in [0.15, 0.2) is 23.2 Å². The van der Waals surface area contributed by atoms with Crippen LogP contribution in [0.2, 0.25) is 10.0 Å². The first-order valence-corrected chi connectivity index (χ1v) is 7.31. The molecule has 0 fully saturated rings. The molecule has 0 bridgehead atoms. The topological polar surface area (TPSA) is 32.7 Å². The Kier molecular flexibility index (Phi) is 4.54. The highest BCUT2D eigenvalue weighted by Gasteiger charge is 2.26. The third kappa shape index (κ3) is 2.82. The number of thioether (sulfide) groups is 1. The predicted octanol–water partition coefficient (Wildman–Crippen LogP) is 3.56. The van der Waals surface area contributed by atoms with Crippen LogP contribution in [0, 0.1) is 0 Å². The summed E-state index contributed by atoms with van der Waals surface area (Å²) < 4.78 is 0. The molecule has 0 radical (unpaired) electrons. The fourth-order valence-corrected chi connectivity index (χ4v) is 2.94. The Labute approximate surface area is 120 Å². The Morgan fingerprint density at radius 3 is 2.94 bits per heavy atom.